The van der Waals surface area contributed by atoms with E-state index < -0.39 is 27.2 Å². The number of amides is 1. The third-order valence-corrected chi connectivity index (χ3v) is 5.20. The van der Waals surface area contributed by atoms with Gasteiger partial charge in [0.25, 0.3) is 22.4 Å². The highest BCUT2D eigenvalue weighted by atomic mass is 32.2. The van der Waals surface area contributed by atoms with Crippen molar-refractivity contribution in [3.63, 3.8) is 0 Å². The number of aryl methyl sites for hydroxylation is 1. The maximum atomic E-state index is 12.7. The van der Waals surface area contributed by atoms with Crippen LogP contribution in [0.3, 0.4) is 0 Å². The second-order valence-corrected chi connectivity index (χ2v) is 6.75. The lowest BCUT2D eigenvalue weighted by molar-refractivity contribution is 0.0970. The molecule has 21 heavy (non-hydrogen) atoms. The Morgan fingerprint density at radius 2 is 2.14 bits per heavy atom. The number of aromatic nitrogens is 2. The number of sulfonamides is 1. The van der Waals surface area contributed by atoms with Crippen LogP contribution in [-0.4, -0.2) is 24.1 Å². The van der Waals surface area contributed by atoms with Crippen LogP contribution in [0.5, 0.6) is 0 Å². The summed E-state index contributed by atoms with van der Waals surface area (Å²) in [6, 6.07) is 1.16. The smallest absolute Gasteiger partial charge is 0.272 e. The van der Waals surface area contributed by atoms with Crippen LogP contribution in [0.2, 0.25) is 0 Å². The Bertz CT molecular complexity index is 780. The van der Waals surface area contributed by atoms with Crippen LogP contribution in [0, 0.1) is 6.92 Å². The van der Waals surface area contributed by atoms with E-state index in [1.807, 2.05) is 0 Å². The molecule has 6 nitrogen and oxygen atoms in total. The van der Waals surface area contributed by atoms with Gasteiger partial charge in [-0.3, -0.25) is 9.48 Å². The quantitative estimate of drug-likeness (QED) is 0.924. The van der Waals surface area contributed by atoms with Gasteiger partial charge in [0.15, 0.2) is 0 Å². The number of hydrogen-bond donors (Lipinski definition) is 1. The average Bonchev–Trinajstić information content (AvgIpc) is 2.97. The number of rotatable bonds is 4. The Morgan fingerprint density at radius 3 is 2.67 bits per heavy atom. The molecule has 0 aliphatic rings. The molecule has 2 aromatic rings. The topological polar surface area (TPSA) is 81.1 Å². The van der Waals surface area contributed by atoms with E-state index in [-0.39, 0.29) is 10.5 Å². The molecule has 0 aromatic carbocycles. The highest BCUT2D eigenvalue weighted by Gasteiger charge is 2.26. The fourth-order valence-electron chi connectivity index (χ4n) is 1.65. The van der Waals surface area contributed by atoms with Crippen molar-refractivity contribution in [2.45, 2.75) is 18.2 Å². The van der Waals surface area contributed by atoms with Crippen molar-refractivity contribution in [1.82, 2.24) is 14.5 Å². The van der Waals surface area contributed by atoms with E-state index in [4.69, 9.17) is 0 Å². The number of carbonyl (C=O) groups is 1. The first-order chi connectivity index (χ1) is 9.74. The number of alkyl halides is 2. The Labute approximate surface area is 123 Å². The van der Waals surface area contributed by atoms with Crippen molar-refractivity contribution in [1.29, 1.82) is 0 Å². The summed E-state index contributed by atoms with van der Waals surface area (Å²) in [5, 5.41) is 5.07. The minimum Gasteiger partial charge on any atom is -0.272 e. The van der Waals surface area contributed by atoms with Crippen LogP contribution in [0.4, 0.5) is 8.78 Å². The summed E-state index contributed by atoms with van der Waals surface area (Å²) >= 11 is 0.693. The molecular formula is C11H11F2N3O3S2. The van der Waals surface area contributed by atoms with Gasteiger partial charge in [0.1, 0.15) is 4.90 Å². The van der Waals surface area contributed by atoms with Gasteiger partial charge < -0.3 is 0 Å². The molecule has 2 rings (SSSR count). The summed E-state index contributed by atoms with van der Waals surface area (Å²) < 4.78 is 52.7. The van der Waals surface area contributed by atoms with E-state index in [0.717, 1.165) is 12.3 Å². The van der Waals surface area contributed by atoms with Gasteiger partial charge in [0.05, 0.1) is 22.3 Å². The molecule has 0 saturated heterocycles. The highest BCUT2D eigenvalue weighted by molar-refractivity contribution is 7.90. The molecule has 0 aliphatic carbocycles. The Kier molecular flexibility index (Phi) is 4.10. The van der Waals surface area contributed by atoms with Crippen LogP contribution in [0.15, 0.2) is 22.5 Å². The van der Waals surface area contributed by atoms with Gasteiger partial charge in [0, 0.05) is 7.05 Å². The minimum atomic E-state index is -4.16. The Balaban J connectivity index is 2.31. The number of nitrogens with zero attached hydrogens (tertiary/aromatic N) is 2. The molecule has 1 amide bonds. The molecule has 0 unspecified atom stereocenters. The zero-order valence-corrected chi connectivity index (χ0v) is 12.6. The largest absolute Gasteiger partial charge is 0.273 e. The van der Waals surface area contributed by atoms with Crippen LogP contribution in [-0.2, 0) is 17.1 Å². The lowest BCUT2D eigenvalue weighted by atomic mass is 10.2. The summed E-state index contributed by atoms with van der Waals surface area (Å²) in [6.45, 7) is 1.52. The molecule has 0 atom stereocenters. The molecule has 0 spiro atoms. The van der Waals surface area contributed by atoms with Crippen molar-refractivity contribution in [3.8, 4) is 0 Å². The van der Waals surface area contributed by atoms with Crippen molar-refractivity contribution < 1.29 is 22.0 Å². The van der Waals surface area contributed by atoms with Crippen LogP contribution < -0.4 is 4.72 Å². The van der Waals surface area contributed by atoms with Gasteiger partial charge in [-0.25, -0.2) is 21.9 Å². The van der Waals surface area contributed by atoms with Gasteiger partial charge in [-0.2, -0.15) is 5.10 Å². The van der Waals surface area contributed by atoms with Gasteiger partial charge in [0.2, 0.25) is 0 Å². The monoisotopic (exact) mass is 335 g/mol. The zero-order chi connectivity index (χ0) is 15.8. The second-order valence-electron chi connectivity index (χ2n) is 4.15. The summed E-state index contributed by atoms with van der Waals surface area (Å²) in [7, 11) is -2.62. The lowest BCUT2D eigenvalue weighted by Gasteiger charge is -2.07. The second kappa shape index (κ2) is 5.53. The first kappa shape index (κ1) is 15.6. The van der Waals surface area contributed by atoms with E-state index in [1.165, 1.54) is 17.0 Å². The van der Waals surface area contributed by atoms with Gasteiger partial charge in [-0.15, -0.1) is 11.3 Å². The van der Waals surface area contributed by atoms with Crippen LogP contribution in [0.1, 0.15) is 27.4 Å². The lowest BCUT2D eigenvalue weighted by Crippen LogP contribution is -2.31. The predicted octanol–water partition coefficient (Wildman–Crippen LogP) is 1.85. The summed E-state index contributed by atoms with van der Waals surface area (Å²) in [6.07, 6.45) is -1.75. The highest BCUT2D eigenvalue weighted by Crippen LogP contribution is 2.28. The van der Waals surface area contributed by atoms with E-state index in [2.05, 4.69) is 5.10 Å². The molecular weight excluding hydrogens is 324 g/mol. The van der Waals surface area contributed by atoms with Crippen molar-refractivity contribution in [2.24, 2.45) is 7.05 Å². The van der Waals surface area contributed by atoms with Gasteiger partial charge in [-0.1, -0.05) is 0 Å². The van der Waals surface area contributed by atoms with Crippen LogP contribution in [0.25, 0.3) is 0 Å². The van der Waals surface area contributed by atoms with Crippen LogP contribution >= 0.6 is 11.3 Å². The number of carbonyl (C=O) groups excluding carboxylic acids is 1. The average molecular weight is 335 g/mol. The molecule has 10 heteroatoms. The van der Waals surface area contributed by atoms with Crippen molar-refractivity contribution in [2.75, 3.05) is 0 Å². The molecule has 2 heterocycles. The van der Waals surface area contributed by atoms with E-state index in [0.29, 0.717) is 17.0 Å². The molecule has 2 aromatic heterocycles. The number of halogens is 2. The van der Waals surface area contributed by atoms with E-state index >= 15 is 0 Å². The van der Waals surface area contributed by atoms with E-state index in [9.17, 15) is 22.0 Å². The zero-order valence-electron chi connectivity index (χ0n) is 11.0. The maximum absolute atomic E-state index is 12.7. The molecule has 0 radical (unpaired) electrons. The molecule has 0 saturated carbocycles. The number of hydrogen-bond acceptors (Lipinski definition) is 5. The van der Waals surface area contributed by atoms with E-state index in [1.54, 1.807) is 11.8 Å². The molecule has 0 bridgehead atoms. The standard InChI is InChI=1S/C11H11F2N3O3S2/c1-6-8(5-14-16(6)2)21(18,19)15-11(17)7-3-4-20-9(7)10(12)13/h3-5,10H,1-2H3,(H,15,17). The predicted molar refractivity (Wildman–Crippen MR) is 71.9 cm³/mol. The SMILES string of the molecule is Cc1c(S(=O)(=O)NC(=O)c2ccsc2C(F)F)cnn1C. The summed E-state index contributed by atoms with van der Waals surface area (Å²) in [4.78, 5) is 11.3. The summed E-state index contributed by atoms with van der Waals surface area (Å²) in [5.74, 6) is -1.09. The Morgan fingerprint density at radius 1 is 1.48 bits per heavy atom. The maximum Gasteiger partial charge on any atom is 0.273 e. The third kappa shape index (κ3) is 2.95. The molecule has 0 fully saturated rings. The van der Waals surface area contributed by atoms with Crippen molar-refractivity contribution >= 4 is 27.3 Å². The number of thiophene rings is 1. The fraction of sp³-hybridized carbons (Fsp3) is 0.273. The van der Waals surface area contributed by atoms with Gasteiger partial charge >= 0.3 is 0 Å². The minimum absolute atomic E-state index is 0.174. The summed E-state index contributed by atoms with van der Waals surface area (Å²) in [5.41, 5.74) is -0.0187. The fourth-order valence-corrected chi connectivity index (χ4v) is 3.56. The first-order valence-corrected chi connectivity index (χ1v) is 8.01. The molecule has 1 N–H and O–H groups in total. The first-order valence-electron chi connectivity index (χ1n) is 5.65. The molecule has 114 valence electrons. The number of nitrogens with one attached hydrogen (secondary N) is 1. The third-order valence-electron chi connectivity index (χ3n) is 2.84. The van der Waals surface area contributed by atoms with Crippen molar-refractivity contribution in [3.05, 3.63) is 33.8 Å². The Hall–Kier alpha value is -1.81. The van der Waals surface area contributed by atoms with Gasteiger partial charge in [-0.05, 0) is 18.4 Å². The normalized spacial score (nSPS) is 11.9. The molecule has 0 aliphatic heterocycles.